The minimum absolute atomic E-state index is 0.0889. The molecule has 0 spiro atoms. The first-order valence-corrected chi connectivity index (χ1v) is 8.09. The van der Waals surface area contributed by atoms with Crippen molar-refractivity contribution in [2.75, 3.05) is 0 Å². The maximum Gasteiger partial charge on any atom is 0.200 e. The molecule has 23 heavy (non-hydrogen) atoms. The van der Waals surface area contributed by atoms with E-state index in [1.807, 2.05) is 13.0 Å². The summed E-state index contributed by atoms with van der Waals surface area (Å²) in [4.78, 5) is 0. The standard InChI is InChI=1S/C20H30F2O/c1-8-13(2)9-10-14(3)15(4)11-12-16(5)17(6)19(21)20(22)18(7)23/h11-14,23H,6-10H2,1-5H3/b15-11+,16-12+,20-19-. The smallest absolute Gasteiger partial charge is 0.200 e. The zero-order chi connectivity index (χ0) is 18.2. The molecule has 0 saturated heterocycles. The first-order chi connectivity index (χ1) is 10.6. The second-order valence-corrected chi connectivity index (χ2v) is 6.31. The van der Waals surface area contributed by atoms with Crippen molar-refractivity contribution in [3.8, 4) is 0 Å². The molecule has 0 fully saturated rings. The van der Waals surface area contributed by atoms with E-state index in [9.17, 15) is 8.78 Å². The van der Waals surface area contributed by atoms with E-state index in [0.29, 0.717) is 11.5 Å². The van der Waals surface area contributed by atoms with Gasteiger partial charge in [0.15, 0.2) is 11.7 Å². The summed E-state index contributed by atoms with van der Waals surface area (Å²) >= 11 is 0. The topological polar surface area (TPSA) is 20.2 Å². The summed E-state index contributed by atoms with van der Waals surface area (Å²) in [7, 11) is 0. The molecule has 0 heterocycles. The van der Waals surface area contributed by atoms with Gasteiger partial charge in [0.1, 0.15) is 5.76 Å². The van der Waals surface area contributed by atoms with Crippen molar-refractivity contribution in [2.24, 2.45) is 11.8 Å². The minimum Gasteiger partial charge on any atom is -0.505 e. The number of aliphatic hydroxyl groups is 1. The number of hydrogen-bond acceptors (Lipinski definition) is 1. The third kappa shape index (κ3) is 7.45. The summed E-state index contributed by atoms with van der Waals surface area (Å²) in [6.07, 6.45) is 7.12. The van der Waals surface area contributed by atoms with Crippen molar-refractivity contribution in [3.05, 3.63) is 59.4 Å². The van der Waals surface area contributed by atoms with Crippen molar-refractivity contribution < 1.29 is 13.9 Å². The van der Waals surface area contributed by atoms with Gasteiger partial charge in [-0.1, -0.05) is 64.5 Å². The number of aliphatic hydroxyl groups excluding tert-OH is 1. The maximum absolute atomic E-state index is 13.7. The molecule has 0 amide bonds. The van der Waals surface area contributed by atoms with Crippen LogP contribution in [0.4, 0.5) is 8.78 Å². The normalized spacial score (nSPS) is 16.7. The van der Waals surface area contributed by atoms with E-state index in [1.54, 1.807) is 13.0 Å². The molecule has 0 aliphatic heterocycles. The molecule has 2 unspecified atom stereocenters. The average molecular weight is 324 g/mol. The number of halogens is 2. The van der Waals surface area contributed by atoms with Gasteiger partial charge in [0.25, 0.3) is 0 Å². The maximum atomic E-state index is 13.7. The fourth-order valence-electron chi connectivity index (χ4n) is 1.92. The van der Waals surface area contributed by atoms with E-state index >= 15 is 0 Å². The number of rotatable bonds is 9. The highest BCUT2D eigenvalue weighted by Crippen LogP contribution is 2.26. The van der Waals surface area contributed by atoms with Crippen LogP contribution in [0.1, 0.15) is 53.9 Å². The molecular weight excluding hydrogens is 294 g/mol. The Bertz CT molecular complexity index is 524. The molecule has 0 aromatic heterocycles. The van der Waals surface area contributed by atoms with Gasteiger partial charge < -0.3 is 5.11 Å². The Labute approximate surface area is 139 Å². The molecule has 1 N–H and O–H groups in total. The SMILES string of the molecule is C=C(O)/C(F)=C(/F)C(=C)/C(C)=C/C=C(\C)C(C)CCC(C)CC. The molecule has 0 aromatic rings. The summed E-state index contributed by atoms with van der Waals surface area (Å²) in [5.41, 5.74) is 1.61. The van der Waals surface area contributed by atoms with Crippen molar-refractivity contribution in [1.29, 1.82) is 0 Å². The summed E-state index contributed by atoms with van der Waals surface area (Å²) in [6, 6.07) is 0. The van der Waals surface area contributed by atoms with Crippen LogP contribution in [0, 0.1) is 11.8 Å². The molecule has 1 nitrogen and oxygen atoms in total. The van der Waals surface area contributed by atoms with Crippen LogP contribution < -0.4 is 0 Å². The molecule has 0 aliphatic rings. The fraction of sp³-hybridized carbons (Fsp3) is 0.500. The summed E-state index contributed by atoms with van der Waals surface area (Å²) in [5, 5.41) is 8.90. The zero-order valence-corrected chi connectivity index (χ0v) is 15.0. The first kappa shape index (κ1) is 21.4. The van der Waals surface area contributed by atoms with E-state index in [2.05, 4.69) is 33.9 Å². The second kappa shape index (κ2) is 10.2. The monoisotopic (exact) mass is 324 g/mol. The van der Waals surface area contributed by atoms with Gasteiger partial charge in [-0.05, 0) is 37.7 Å². The summed E-state index contributed by atoms with van der Waals surface area (Å²) in [5.74, 6) is -2.32. The lowest BCUT2D eigenvalue weighted by molar-refractivity contribution is 0.381. The molecule has 0 bridgehead atoms. The lowest BCUT2D eigenvalue weighted by Gasteiger charge is -2.15. The minimum atomic E-state index is -1.37. The molecular formula is C20H30F2O. The van der Waals surface area contributed by atoms with E-state index in [4.69, 9.17) is 5.11 Å². The van der Waals surface area contributed by atoms with Crippen molar-refractivity contribution in [3.63, 3.8) is 0 Å². The molecule has 130 valence electrons. The molecule has 0 radical (unpaired) electrons. The van der Waals surface area contributed by atoms with Crippen LogP contribution in [0.15, 0.2) is 59.4 Å². The Morgan fingerprint density at radius 2 is 1.61 bits per heavy atom. The Morgan fingerprint density at radius 1 is 1.04 bits per heavy atom. The Balaban J connectivity index is 4.94. The van der Waals surface area contributed by atoms with Crippen molar-refractivity contribution in [1.82, 2.24) is 0 Å². The van der Waals surface area contributed by atoms with Gasteiger partial charge in [-0.2, -0.15) is 4.39 Å². The third-order valence-corrected chi connectivity index (χ3v) is 4.35. The Morgan fingerprint density at radius 3 is 2.09 bits per heavy atom. The molecule has 0 aromatic carbocycles. The van der Waals surface area contributed by atoms with Crippen LogP contribution in [0.25, 0.3) is 0 Å². The molecule has 0 saturated carbocycles. The summed E-state index contributed by atoms with van der Waals surface area (Å²) in [6.45, 7) is 16.8. The Hall–Kier alpha value is -1.64. The van der Waals surface area contributed by atoms with E-state index in [0.717, 1.165) is 12.3 Å². The van der Waals surface area contributed by atoms with Crippen LogP contribution in [-0.2, 0) is 0 Å². The van der Waals surface area contributed by atoms with Gasteiger partial charge in [0.2, 0.25) is 0 Å². The van der Waals surface area contributed by atoms with E-state index in [-0.39, 0.29) is 5.57 Å². The van der Waals surface area contributed by atoms with Gasteiger partial charge in [0.05, 0.1) is 0 Å². The lowest BCUT2D eigenvalue weighted by atomic mass is 9.91. The fourth-order valence-corrected chi connectivity index (χ4v) is 1.92. The predicted molar refractivity (Wildman–Crippen MR) is 95.5 cm³/mol. The zero-order valence-electron chi connectivity index (χ0n) is 15.0. The highest BCUT2D eigenvalue weighted by Gasteiger charge is 2.13. The predicted octanol–water partition coefficient (Wildman–Crippen LogP) is 7.12. The van der Waals surface area contributed by atoms with Gasteiger partial charge in [-0.25, -0.2) is 4.39 Å². The summed E-state index contributed by atoms with van der Waals surface area (Å²) < 4.78 is 27.1. The van der Waals surface area contributed by atoms with Crippen LogP contribution in [0.2, 0.25) is 0 Å². The van der Waals surface area contributed by atoms with Gasteiger partial charge in [-0.3, -0.25) is 0 Å². The van der Waals surface area contributed by atoms with E-state index < -0.39 is 17.4 Å². The highest BCUT2D eigenvalue weighted by atomic mass is 19.2. The van der Waals surface area contributed by atoms with Gasteiger partial charge in [0, 0.05) is 5.57 Å². The van der Waals surface area contributed by atoms with Crippen molar-refractivity contribution >= 4 is 0 Å². The average Bonchev–Trinajstić information content (AvgIpc) is 2.54. The molecule has 2 atom stereocenters. The van der Waals surface area contributed by atoms with E-state index in [1.165, 1.54) is 18.4 Å². The van der Waals surface area contributed by atoms with Gasteiger partial charge >= 0.3 is 0 Å². The Kier molecular flexibility index (Phi) is 9.47. The largest absolute Gasteiger partial charge is 0.505 e. The molecule has 3 heteroatoms. The van der Waals surface area contributed by atoms with Crippen LogP contribution in [0.3, 0.4) is 0 Å². The quantitative estimate of drug-likeness (QED) is 0.353. The van der Waals surface area contributed by atoms with Crippen molar-refractivity contribution in [2.45, 2.75) is 53.9 Å². The molecule has 0 rings (SSSR count). The van der Waals surface area contributed by atoms with Crippen LogP contribution >= 0.6 is 0 Å². The third-order valence-electron chi connectivity index (χ3n) is 4.35. The van der Waals surface area contributed by atoms with Gasteiger partial charge in [-0.15, -0.1) is 0 Å². The number of hydrogen-bond donors (Lipinski definition) is 1. The first-order valence-electron chi connectivity index (χ1n) is 8.09. The lowest BCUT2D eigenvalue weighted by Crippen LogP contribution is -2.00. The van der Waals surface area contributed by atoms with Crippen LogP contribution in [0.5, 0.6) is 0 Å². The molecule has 0 aliphatic carbocycles. The number of allylic oxidation sites excluding steroid dienone is 7. The van der Waals surface area contributed by atoms with Crippen LogP contribution in [-0.4, -0.2) is 5.11 Å². The highest BCUT2D eigenvalue weighted by molar-refractivity contribution is 5.45. The second-order valence-electron chi connectivity index (χ2n) is 6.31.